The van der Waals surface area contributed by atoms with Crippen molar-refractivity contribution in [1.29, 1.82) is 0 Å². The van der Waals surface area contributed by atoms with Gasteiger partial charge in [-0.3, -0.25) is 0 Å². The molecule has 0 aliphatic rings. The Hall–Kier alpha value is -1.56. The third-order valence-electron chi connectivity index (χ3n) is 1.48. The van der Waals surface area contributed by atoms with Crippen LogP contribution in [0, 0.1) is 0 Å². The average Bonchev–Trinajstić information content (AvgIpc) is 2.13. The van der Waals surface area contributed by atoms with E-state index in [1.807, 2.05) is 37.3 Å². The smallest absolute Gasteiger partial charge is 0.0196 e. The topological polar surface area (TPSA) is 0 Å². The van der Waals surface area contributed by atoms with E-state index in [-0.39, 0.29) is 0 Å². The fourth-order valence-corrected chi connectivity index (χ4v) is 0.841. The molecule has 0 atom stereocenters. The van der Waals surface area contributed by atoms with Crippen LogP contribution in [0.3, 0.4) is 0 Å². The summed E-state index contributed by atoms with van der Waals surface area (Å²) in [5, 5.41) is 0. The highest BCUT2D eigenvalue weighted by molar-refractivity contribution is 5.45. The first-order valence-electron chi connectivity index (χ1n) is 4.20. The van der Waals surface area contributed by atoms with Crippen LogP contribution in [0.25, 0.3) is 0 Å². The molecular weight excluding hydrogens is 156 g/mol. The van der Waals surface area contributed by atoms with Gasteiger partial charge in [-0.15, -0.1) is 0 Å². The standard InChI is InChI=1S/C13H16/c1-5-8-9-11-13(7-3)12(4)10-6-2/h5-11H,1,3-4H2,2H3/b9-8-,10-6-,13-11-. The molecule has 0 heteroatoms. The second kappa shape index (κ2) is 7.11. The highest BCUT2D eigenvalue weighted by atomic mass is 14.0. The van der Waals surface area contributed by atoms with Gasteiger partial charge in [-0.1, -0.05) is 62.3 Å². The van der Waals surface area contributed by atoms with E-state index in [0.29, 0.717) is 0 Å². The highest BCUT2D eigenvalue weighted by Gasteiger charge is 1.90. The van der Waals surface area contributed by atoms with Crippen molar-refractivity contribution in [2.45, 2.75) is 6.92 Å². The quantitative estimate of drug-likeness (QED) is 0.550. The van der Waals surface area contributed by atoms with E-state index in [4.69, 9.17) is 0 Å². The van der Waals surface area contributed by atoms with Crippen molar-refractivity contribution < 1.29 is 0 Å². The molecule has 0 saturated carbocycles. The lowest BCUT2D eigenvalue weighted by molar-refractivity contribution is 1.55. The Labute approximate surface area is 81.0 Å². The summed E-state index contributed by atoms with van der Waals surface area (Å²) in [5.74, 6) is 0. The molecule has 68 valence electrons. The molecule has 0 aromatic carbocycles. The van der Waals surface area contributed by atoms with E-state index in [0.717, 1.165) is 11.1 Å². The summed E-state index contributed by atoms with van der Waals surface area (Å²) in [6.45, 7) is 13.2. The fraction of sp³-hybridized carbons (Fsp3) is 0.0769. The summed E-state index contributed by atoms with van der Waals surface area (Å²) in [7, 11) is 0. The van der Waals surface area contributed by atoms with Crippen molar-refractivity contribution in [3.8, 4) is 0 Å². The van der Waals surface area contributed by atoms with Crippen LogP contribution < -0.4 is 0 Å². The minimum absolute atomic E-state index is 0.964. The molecule has 0 aliphatic heterocycles. The van der Waals surface area contributed by atoms with Gasteiger partial charge < -0.3 is 0 Å². The molecular formula is C13H16. The average molecular weight is 172 g/mol. The molecule has 0 amide bonds. The van der Waals surface area contributed by atoms with E-state index in [9.17, 15) is 0 Å². The maximum absolute atomic E-state index is 3.91. The predicted molar refractivity (Wildman–Crippen MR) is 61.6 cm³/mol. The first kappa shape index (κ1) is 11.4. The minimum atomic E-state index is 0.964. The van der Waals surface area contributed by atoms with Gasteiger partial charge in [0.15, 0.2) is 0 Å². The Morgan fingerprint density at radius 1 is 1.15 bits per heavy atom. The lowest BCUT2D eigenvalue weighted by Gasteiger charge is -1.98. The summed E-state index contributed by atoms with van der Waals surface area (Å²) >= 11 is 0. The van der Waals surface area contributed by atoms with Gasteiger partial charge in [0.25, 0.3) is 0 Å². The Morgan fingerprint density at radius 3 is 2.31 bits per heavy atom. The minimum Gasteiger partial charge on any atom is -0.0991 e. The van der Waals surface area contributed by atoms with E-state index >= 15 is 0 Å². The van der Waals surface area contributed by atoms with Crippen molar-refractivity contribution in [2.75, 3.05) is 0 Å². The summed E-state index contributed by atoms with van der Waals surface area (Å²) in [4.78, 5) is 0. The van der Waals surface area contributed by atoms with Crippen LogP contribution >= 0.6 is 0 Å². The SMILES string of the molecule is C=C/C=C\C=C(\C=C)C(=C)/C=C\C. The molecule has 13 heavy (non-hydrogen) atoms. The van der Waals surface area contributed by atoms with Gasteiger partial charge >= 0.3 is 0 Å². The predicted octanol–water partition coefficient (Wildman–Crippen LogP) is 3.97. The van der Waals surface area contributed by atoms with Crippen LogP contribution in [-0.2, 0) is 0 Å². The Morgan fingerprint density at radius 2 is 1.85 bits per heavy atom. The lowest BCUT2D eigenvalue weighted by Crippen LogP contribution is -1.78. The van der Waals surface area contributed by atoms with Gasteiger partial charge in [0, 0.05) is 0 Å². The zero-order valence-corrected chi connectivity index (χ0v) is 8.16. The zero-order chi connectivity index (χ0) is 10.1. The fourth-order valence-electron chi connectivity index (χ4n) is 0.841. The van der Waals surface area contributed by atoms with Gasteiger partial charge in [-0.2, -0.15) is 0 Å². The summed E-state index contributed by atoms with van der Waals surface area (Å²) in [6, 6.07) is 0. The molecule has 0 bridgehead atoms. The van der Waals surface area contributed by atoms with Crippen LogP contribution in [0.4, 0.5) is 0 Å². The van der Waals surface area contributed by atoms with E-state index in [1.165, 1.54) is 0 Å². The van der Waals surface area contributed by atoms with Crippen LogP contribution in [0.5, 0.6) is 0 Å². The number of allylic oxidation sites excluding steroid dienone is 9. The van der Waals surface area contributed by atoms with Gasteiger partial charge in [0.05, 0.1) is 0 Å². The van der Waals surface area contributed by atoms with Gasteiger partial charge in [-0.25, -0.2) is 0 Å². The summed E-state index contributed by atoms with van der Waals surface area (Å²) in [5.41, 5.74) is 1.99. The second-order valence-corrected chi connectivity index (χ2v) is 2.47. The van der Waals surface area contributed by atoms with Crippen LogP contribution in [-0.4, -0.2) is 0 Å². The molecule has 0 radical (unpaired) electrons. The molecule has 0 saturated heterocycles. The normalized spacial score (nSPS) is 12.2. The number of hydrogen-bond donors (Lipinski definition) is 0. The van der Waals surface area contributed by atoms with Crippen molar-refractivity contribution in [2.24, 2.45) is 0 Å². The van der Waals surface area contributed by atoms with E-state index < -0.39 is 0 Å². The van der Waals surface area contributed by atoms with Crippen molar-refractivity contribution in [3.63, 3.8) is 0 Å². The van der Waals surface area contributed by atoms with Gasteiger partial charge in [0.1, 0.15) is 0 Å². The molecule has 0 rings (SSSR count). The van der Waals surface area contributed by atoms with Crippen molar-refractivity contribution in [1.82, 2.24) is 0 Å². The zero-order valence-electron chi connectivity index (χ0n) is 8.16. The number of hydrogen-bond acceptors (Lipinski definition) is 0. The van der Waals surface area contributed by atoms with Crippen molar-refractivity contribution >= 4 is 0 Å². The van der Waals surface area contributed by atoms with Crippen LogP contribution in [0.2, 0.25) is 0 Å². The summed E-state index contributed by atoms with van der Waals surface area (Å²) in [6.07, 6.45) is 13.2. The molecule has 0 unspecified atom stereocenters. The molecule has 0 aliphatic carbocycles. The molecule has 0 aromatic rings. The summed E-state index contributed by atoms with van der Waals surface area (Å²) < 4.78 is 0. The molecule has 0 spiro atoms. The van der Waals surface area contributed by atoms with Crippen LogP contribution in [0.1, 0.15) is 6.92 Å². The molecule has 0 N–H and O–H groups in total. The van der Waals surface area contributed by atoms with E-state index in [1.54, 1.807) is 12.2 Å². The lowest BCUT2D eigenvalue weighted by atomic mass is 10.1. The molecule has 0 aromatic heterocycles. The molecule has 0 nitrogen and oxygen atoms in total. The Bertz CT molecular complexity index is 272. The first-order chi connectivity index (χ1) is 6.26. The monoisotopic (exact) mass is 172 g/mol. The maximum Gasteiger partial charge on any atom is -0.0196 e. The maximum atomic E-state index is 3.91. The largest absolute Gasteiger partial charge is 0.0991 e. The molecule has 0 fully saturated rings. The highest BCUT2D eigenvalue weighted by Crippen LogP contribution is 2.10. The first-order valence-corrected chi connectivity index (χ1v) is 4.20. The number of rotatable bonds is 5. The molecule has 0 heterocycles. The Balaban J connectivity index is 4.58. The van der Waals surface area contributed by atoms with Gasteiger partial charge in [0.2, 0.25) is 0 Å². The van der Waals surface area contributed by atoms with E-state index in [2.05, 4.69) is 19.7 Å². The third kappa shape index (κ3) is 4.81. The van der Waals surface area contributed by atoms with Gasteiger partial charge in [-0.05, 0) is 18.1 Å². The van der Waals surface area contributed by atoms with Crippen LogP contribution in [0.15, 0.2) is 73.4 Å². The third-order valence-corrected chi connectivity index (χ3v) is 1.48. The second-order valence-electron chi connectivity index (χ2n) is 2.47. The Kier molecular flexibility index (Phi) is 6.26. The van der Waals surface area contributed by atoms with Crippen molar-refractivity contribution in [3.05, 3.63) is 73.4 Å².